The third-order valence-electron chi connectivity index (χ3n) is 1.37. The summed E-state index contributed by atoms with van der Waals surface area (Å²) in [5.74, 6) is 0. The topological polar surface area (TPSA) is 9.23 Å². The van der Waals surface area contributed by atoms with Crippen LogP contribution < -0.4 is 0 Å². The van der Waals surface area contributed by atoms with E-state index >= 15 is 0 Å². The normalized spacial score (nSPS) is 13.0. The van der Waals surface area contributed by atoms with Crippen molar-refractivity contribution in [2.45, 2.75) is 39.2 Å². The van der Waals surface area contributed by atoms with E-state index in [1.165, 1.54) is 6.42 Å². The summed E-state index contributed by atoms with van der Waals surface area (Å²) in [6.45, 7) is 8.84. The number of hydrogen-bond donors (Lipinski definition) is 0. The molecule has 0 aliphatic rings. The largest absolute Gasteiger partial charge is 0.374 e. The molecular weight excluding hydrogens is 124 g/mol. The molecule has 0 saturated carbocycles. The minimum Gasteiger partial charge on any atom is -0.374 e. The zero-order valence-corrected chi connectivity index (χ0v) is 7.10. The van der Waals surface area contributed by atoms with Gasteiger partial charge in [-0.1, -0.05) is 26.3 Å². The van der Waals surface area contributed by atoms with E-state index in [0.29, 0.717) is 0 Å². The molecule has 0 N–H and O–H groups in total. The minimum absolute atomic E-state index is 0.282. The van der Waals surface area contributed by atoms with Gasteiger partial charge in [0.2, 0.25) is 0 Å². The molecule has 1 unspecified atom stereocenters. The average molecular weight is 142 g/mol. The summed E-state index contributed by atoms with van der Waals surface area (Å²) in [4.78, 5) is 0. The van der Waals surface area contributed by atoms with Crippen molar-refractivity contribution in [1.29, 1.82) is 0 Å². The fraction of sp³-hybridized carbons (Fsp3) is 0.778. The number of rotatable bonds is 6. The molecule has 1 heteroatoms. The van der Waals surface area contributed by atoms with E-state index in [4.69, 9.17) is 4.74 Å². The molecule has 60 valence electrons. The van der Waals surface area contributed by atoms with Crippen LogP contribution in [0.1, 0.15) is 33.1 Å². The van der Waals surface area contributed by atoms with Crippen molar-refractivity contribution in [3.05, 3.63) is 12.7 Å². The summed E-state index contributed by atoms with van der Waals surface area (Å²) in [5, 5.41) is 0. The highest BCUT2D eigenvalue weighted by molar-refractivity contribution is 4.78. The molecule has 0 fully saturated rings. The van der Waals surface area contributed by atoms with Crippen molar-refractivity contribution in [2.75, 3.05) is 6.61 Å². The second-order valence-corrected chi connectivity index (χ2v) is 2.43. The SMILES string of the molecule is C=CC(CCC)OCCC. The van der Waals surface area contributed by atoms with Gasteiger partial charge in [-0.25, -0.2) is 0 Å². The van der Waals surface area contributed by atoms with Crippen LogP contribution in [0.15, 0.2) is 12.7 Å². The first kappa shape index (κ1) is 9.70. The Hall–Kier alpha value is -0.300. The van der Waals surface area contributed by atoms with E-state index in [2.05, 4.69) is 20.4 Å². The van der Waals surface area contributed by atoms with E-state index in [9.17, 15) is 0 Å². The lowest BCUT2D eigenvalue weighted by molar-refractivity contribution is 0.0797. The van der Waals surface area contributed by atoms with Gasteiger partial charge < -0.3 is 4.74 Å². The lowest BCUT2D eigenvalue weighted by Gasteiger charge is -2.10. The standard InChI is InChI=1S/C9H18O/c1-4-7-9(6-3)10-8-5-2/h6,9H,3-5,7-8H2,1-2H3. The maximum absolute atomic E-state index is 5.46. The molecule has 0 saturated heterocycles. The van der Waals surface area contributed by atoms with Crippen molar-refractivity contribution in [2.24, 2.45) is 0 Å². The second-order valence-electron chi connectivity index (χ2n) is 2.43. The molecule has 0 aliphatic heterocycles. The molecule has 0 rings (SSSR count). The molecule has 0 aromatic heterocycles. The molecule has 1 atom stereocenters. The van der Waals surface area contributed by atoms with Crippen molar-refractivity contribution >= 4 is 0 Å². The van der Waals surface area contributed by atoms with E-state index in [-0.39, 0.29) is 6.10 Å². The summed E-state index contributed by atoms with van der Waals surface area (Å²) < 4.78 is 5.46. The molecule has 0 aliphatic carbocycles. The zero-order chi connectivity index (χ0) is 7.82. The van der Waals surface area contributed by atoms with Crippen LogP contribution >= 0.6 is 0 Å². The quantitative estimate of drug-likeness (QED) is 0.518. The Kier molecular flexibility index (Phi) is 6.61. The Balaban J connectivity index is 3.29. The highest BCUT2D eigenvalue weighted by atomic mass is 16.5. The molecule has 0 aromatic rings. The fourth-order valence-electron chi connectivity index (χ4n) is 0.823. The van der Waals surface area contributed by atoms with Crippen LogP contribution in [0, 0.1) is 0 Å². The molecule has 0 heterocycles. The molecule has 0 radical (unpaired) electrons. The molecule has 0 amide bonds. The van der Waals surface area contributed by atoms with Crippen LogP contribution in [0.4, 0.5) is 0 Å². The van der Waals surface area contributed by atoms with Gasteiger partial charge in [-0.3, -0.25) is 0 Å². The summed E-state index contributed by atoms with van der Waals surface area (Å²) in [6, 6.07) is 0. The first-order valence-corrected chi connectivity index (χ1v) is 4.09. The van der Waals surface area contributed by atoms with Crippen molar-refractivity contribution in [1.82, 2.24) is 0 Å². The van der Waals surface area contributed by atoms with Crippen LogP contribution in [-0.2, 0) is 4.74 Å². The highest BCUT2D eigenvalue weighted by Crippen LogP contribution is 2.02. The fourth-order valence-corrected chi connectivity index (χ4v) is 0.823. The molecule has 1 nitrogen and oxygen atoms in total. The van der Waals surface area contributed by atoms with Gasteiger partial charge in [0.15, 0.2) is 0 Å². The summed E-state index contributed by atoms with van der Waals surface area (Å²) >= 11 is 0. The third kappa shape index (κ3) is 4.57. The Bertz CT molecular complexity index is 78.8. The second kappa shape index (κ2) is 6.81. The smallest absolute Gasteiger partial charge is 0.0753 e. The number of ether oxygens (including phenoxy) is 1. The van der Waals surface area contributed by atoms with Gasteiger partial charge in [-0.05, 0) is 12.8 Å². The van der Waals surface area contributed by atoms with E-state index < -0.39 is 0 Å². The Morgan fingerprint density at radius 3 is 2.50 bits per heavy atom. The Labute approximate surface area is 64.1 Å². The van der Waals surface area contributed by atoms with E-state index in [1.807, 2.05) is 6.08 Å². The first-order valence-electron chi connectivity index (χ1n) is 4.09. The summed E-state index contributed by atoms with van der Waals surface area (Å²) in [6.07, 6.45) is 5.53. The first-order chi connectivity index (χ1) is 4.85. The molecule has 0 bridgehead atoms. The van der Waals surface area contributed by atoms with E-state index in [1.54, 1.807) is 0 Å². The van der Waals surface area contributed by atoms with Gasteiger partial charge in [-0.2, -0.15) is 0 Å². The average Bonchev–Trinajstić information content (AvgIpc) is 1.98. The molecular formula is C9H18O. The van der Waals surface area contributed by atoms with Gasteiger partial charge in [0.1, 0.15) is 0 Å². The Morgan fingerprint density at radius 1 is 1.40 bits per heavy atom. The Morgan fingerprint density at radius 2 is 2.10 bits per heavy atom. The van der Waals surface area contributed by atoms with Gasteiger partial charge in [0.05, 0.1) is 6.10 Å². The van der Waals surface area contributed by atoms with E-state index in [0.717, 1.165) is 19.4 Å². The lowest BCUT2D eigenvalue weighted by Crippen LogP contribution is -2.09. The van der Waals surface area contributed by atoms with Gasteiger partial charge in [0, 0.05) is 6.61 Å². The van der Waals surface area contributed by atoms with Gasteiger partial charge in [0.25, 0.3) is 0 Å². The van der Waals surface area contributed by atoms with Crippen LogP contribution in [-0.4, -0.2) is 12.7 Å². The molecule has 10 heavy (non-hydrogen) atoms. The van der Waals surface area contributed by atoms with Gasteiger partial charge in [-0.15, -0.1) is 6.58 Å². The van der Waals surface area contributed by atoms with Gasteiger partial charge >= 0.3 is 0 Å². The van der Waals surface area contributed by atoms with Crippen LogP contribution in [0.5, 0.6) is 0 Å². The summed E-state index contributed by atoms with van der Waals surface area (Å²) in [7, 11) is 0. The van der Waals surface area contributed by atoms with Crippen LogP contribution in [0.25, 0.3) is 0 Å². The predicted octanol–water partition coefficient (Wildman–Crippen LogP) is 2.77. The maximum Gasteiger partial charge on any atom is 0.0753 e. The van der Waals surface area contributed by atoms with Crippen LogP contribution in [0.2, 0.25) is 0 Å². The maximum atomic E-state index is 5.46. The predicted molar refractivity (Wildman–Crippen MR) is 45.1 cm³/mol. The van der Waals surface area contributed by atoms with Crippen molar-refractivity contribution in [3.63, 3.8) is 0 Å². The zero-order valence-electron chi connectivity index (χ0n) is 7.10. The monoisotopic (exact) mass is 142 g/mol. The van der Waals surface area contributed by atoms with Crippen molar-refractivity contribution < 1.29 is 4.74 Å². The minimum atomic E-state index is 0.282. The highest BCUT2D eigenvalue weighted by Gasteiger charge is 1.99. The molecule has 0 spiro atoms. The van der Waals surface area contributed by atoms with Crippen molar-refractivity contribution in [3.8, 4) is 0 Å². The third-order valence-corrected chi connectivity index (χ3v) is 1.37. The number of hydrogen-bond acceptors (Lipinski definition) is 1. The molecule has 0 aromatic carbocycles. The summed E-state index contributed by atoms with van der Waals surface area (Å²) in [5.41, 5.74) is 0. The lowest BCUT2D eigenvalue weighted by atomic mass is 10.2. The van der Waals surface area contributed by atoms with Crippen LogP contribution in [0.3, 0.4) is 0 Å².